The summed E-state index contributed by atoms with van der Waals surface area (Å²) in [5, 5.41) is 12.4. The van der Waals surface area contributed by atoms with Crippen LogP contribution >= 0.6 is 11.6 Å². The third-order valence-electron chi connectivity index (χ3n) is 5.69. The first-order chi connectivity index (χ1) is 13.8. The summed E-state index contributed by atoms with van der Waals surface area (Å²) in [4.78, 5) is 25.3. The van der Waals surface area contributed by atoms with E-state index in [2.05, 4.69) is 22.4 Å². The maximum Gasteiger partial charge on any atom is 0.346 e. The van der Waals surface area contributed by atoms with Crippen molar-refractivity contribution in [2.45, 2.75) is 45.1 Å². The summed E-state index contributed by atoms with van der Waals surface area (Å²) in [7, 11) is 0. The SMILES string of the molecule is Cc1nn(-c2ccc(F)cc2)c(Cl)c1C=NN1C(=O)NC2(CCC(C)CC2)C1=O. The number of hydrogen-bond donors (Lipinski definition) is 1. The van der Waals surface area contributed by atoms with Crippen LogP contribution in [-0.4, -0.2) is 38.5 Å². The number of aromatic nitrogens is 2. The van der Waals surface area contributed by atoms with Crippen molar-refractivity contribution in [1.29, 1.82) is 0 Å². The van der Waals surface area contributed by atoms with Gasteiger partial charge in [-0.25, -0.2) is 13.9 Å². The standard InChI is InChI=1S/C20H21ClFN5O2/c1-12-7-9-20(10-8-12)18(28)27(19(29)24-20)23-11-16-13(2)25-26(17(16)21)15-5-3-14(22)4-6-15/h3-6,11-12H,7-10H2,1-2H3,(H,24,29). The average molecular weight is 418 g/mol. The molecular weight excluding hydrogens is 397 g/mol. The molecule has 1 aliphatic heterocycles. The number of carbonyl (C=O) groups is 2. The molecule has 0 atom stereocenters. The first-order valence-electron chi connectivity index (χ1n) is 9.52. The van der Waals surface area contributed by atoms with Gasteiger partial charge in [0, 0.05) is 0 Å². The topological polar surface area (TPSA) is 79.6 Å². The molecule has 0 unspecified atom stereocenters. The lowest BCUT2D eigenvalue weighted by atomic mass is 9.77. The Hall–Kier alpha value is -2.74. The van der Waals surface area contributed by atoms with E-state index in [0.29, 0.717) is 35.7 Å². The van der Waals surface area contributed by atoms with Crippen LogP contribution in [0.1, 0.15) is 43.9 Å². The number of nitrogens with one attached hydrogen (secondary N) is 1. The van der Waals surface area contributed by atoms with Crippen molar-refractivity contribution in [1.82, 2.24) is 20.1 Å². The molecule has 4 rings (SSSR count). The number of benzene rings is 1. The molecule has 1 aliphatic carbocycles. The molecule has 1 saturated heterocycles. The first-order valence-corrected chi connectivity index (χ1v) is 9.90. The third kappa shape index (κ3) is 3.42. The van der Waals surface area contributed by atoms with Gasteiger partial charge in [-0.05, 0) is 62.8 Å². The molecule has 1 N–H and O–H groups in total. The number of amides is 3. The largest absolute Gasteiger partial charge is 0.346 e. The monoisotopic (exact) mass is 417 g/mol. The fraction of sp³-hybridized carbons (Fsp3) is 0.400. The number of nitrogens with zero attached hydrogens (tertiary/aromatic N) is 4. The van der Waals surface area contributed by atoms with E-state index in [1.165, 1.54) is 23.0 Å². The molecule has 7 nitrogen and oxygen atoms in total. The number of hydrazone groups is 1. The number of aryl methyl sites for hydroxylation is 1. The molecule has 0 bridgehead atoms. The van der Waals surface area contributed by atoms with Crippen LogP contribution in [0.15, 0.2) is 29.4 Å². The van der Waals surface area contributed by atoms with Gasteiger partial charge in [-0.1, -0.05) is 18.5 Å². The van der Waals surface area contributed by atoms with Crippen molar-refractivity contribution in [3.63, 3.8) is 0 Å². The predicted molar refractivity (Wildman–Crippen MR) is 107 cm³/mol. The molecule has 2 aromatic rings. The maximum atomic E-state index is 13.2. The molecule has 152 valence electrons. The van der Waals surface area contributed by atoms with Gasteiger partial charge in [-0.15, -0.1) is 5.01 Å². The molecule has 2 aliphatic rings. The van der Waals surface area contributed by atoms with Crippen molar-refractivity contribution in [3.05, 3.63) is 46.5 Å². The van der Waals surface area contributed by atoms with Crippen LogP contribution in [-0.2, 0) is 4.79 Å². The van der Waals surface area contributed by atoms with Crippen LogP contribution in [0.2, 0.25) is 5.15 Å². The first kappa shape index (κ1) is 19.6. The van der Waals surface area contributed by atoms with E-state index in [0.717, 1.165) is 17.9 Å². The highest BCUT2D eigenvalue weighted by molar-refractivity contribution is 6.32. The lowest BCUT2D eigenvalue weighted by Gasteiger charge is -2.33. The number of halogens is 2. The fourth-order valence-electron chi connectivity index (χ4n) is 3.83. The van der Waals surface area contributed by atoms with Gasteiger partial charge in [0.05, 0.1) is 23.2 Å². The second-order valence-electron chi connectivity index (χ2n) is 7.73. The Balaban J connectivity index is 1.59. The van der Waals surface area contributed by atoms with Gasteiger partial charge >= 0.3 is 6.03 Å². The molecule has 1 aromatic heterocycles. The van der Waals surface area contributed by atoms with E-state index >= 15 is 0 Å². The summed E-state index contributed by atoms with van der Waals surface area (Å²) in [6.45, 7) is 3.89. The van der Waals surface area contributed by atoms with E-state index < -0.39 is 11.6 Å². The van der Waals surface area contributed by atoms with Crippen molar-refractivity contribution < 1.29 is 14.0 Å². The molecule has 1 saturated carbocycles. The van der Waals surface area contributed by atoms with E-state index in [1.807, 2.05) is 0 Å². The Kier molecular flexibility index (Phi) is 4.90. The minimum atomic E-state index is -0.849. The molecule has 29 heavy (non-hydrogen) atoms. The Morgan fingerprint density at radius 3 is 2.59 bits per heavy atom. The molecule has 1 aromatic carbocycles. The lowest BCUT2D eigenvalue weighted by molar-refractivity contribution is -0.132. The van der Waals surface area contributed by atoms with E-state index in [1.54, 1.807) is 19.1 Å². The van der Waals surface area contributed by atoms with Crippen LogP contribution in [0.3, 0.4) is 0 Å². The highest BCUT2D eigenvalue weighted by Gasteiger charge is 2.52. The highest BCUT2D eigenvalue weighted by Crippen LogP contribution is 2.36. The number of carbonyl (C=O) groups excluding carboxylic acids is 2. The van der Waals surface area contributed by atoms with E-state index in [4.69, 9.17) is 11.6 Å². The quantitative estimate of drug-likeness (QED) is 0.609. The van der Waals surface area contributed by atoms with Crippen molar-refractivity contribution >= 4 is 29.8 Å². The van der Waals surface area contributed by atoms with Gasteiger partial charge in [0.15, 0.2) is 0 Å². The fourth-order valence-corrected chi connectivity index (χ4v) is 4.15. The van der Waals surface area contributed by atoms with Crippen molar-refractivity contribution in [2.75, 3.05) is 0 Å². The number of rotatable bonds is 3. The van der Waals surface area contributed by atoms with Crippen molar-refractivity contribution in [3.8, 4) is 5.69 Å². The second-order valence-corrected chi connectivity index (χ2v) is 8.09. The molecule has 2 fully saturated rings. The van der Waals surface area contributed by atoms with Gasteiger partial charge in [0.2, 0.25) is 0 Å². The number of urea groups is 1. The summed E-state index contributed by atoms with van der Waals surface area (Å²) in [6.07, 6.45) is 4.38. The minimum absolute atomic E-state index is 0.256. The predicted octanol–water partition coefficient (Wildman–Crippen LogP) is 3.81. The zero-order valence-corrected chi connectivity index (χ0v) is 16.9. The summed E-state index contributed by atoms with van der Waals surface area (Å²) >= 11 is 6.43. The van der Waals surface area contributed by atoms with Gasteiger partial charge < -0.3 is 5.32 Å². The summed E-state index contributed by atoms with van der Waals surface area (Å²) in [5.41, 5.74) is 0.786. The Morgan fingerprint density at radius 1 is 1.28 bits per heavy atom. The average Bonchev–Trinajstić information content (AvgIpc) is 3.10. The van der Waals surface area contributed by atoms with Crippen LogP contribution < -0.4 is 5.32 Å². The lowest BCUT2D eigenvalue weighted by Crippen LogP contribution is -2.49. The number of imide groups is 1. The Bertz CT molecular complexity index is 993. The molecule has 3 amide bonds. The second kappa shape index (κ2) is 7.26. The summed E-state index contributed by atoms with van der Waals surface area (Å²) in [6, 6.07) is 5.21. The minimum Gasteiger partial charge on any atom is -0.321 e. The smallest absolute Gasteiger partial charge is 0.321 e. The third-order valence-corrected chi connectivity index (χ3v) is 6.05. The Morgan fingerprint density at radius 2 is 1.93 bits per heavy atom. The maximum absolute atomic E-state index is 13.2. The summed E-state index contributed by atoms with van der Waals surface area (Å²) in [5.74, 6) is -0.146. The molecule has 9 heteroatoms. The van der Waals surface area contributed by atoms with Gasteiger partial charge in [-0.3, -0.25) is 4.79 Å². The number of hydrogen-bond acceptors (Lipinski definition) is 4. The Labute approximate surface area is 172 Å². The van der Waals surface area contributed by atoms with Gasteiger partial charge in [-0.2, -0.15) is 10.2 Å². The zero-order valence-electron chi connectivity index (χ0n) is 16.2. The molecule has 1 spiro atoms. The molecular formula is C20H21ClFN5O2. The van der Waals surface area contributed by atoms with Gasteiger partial charge in [0.25, 0.3) is 5.91 Å². The van der Waals surface area contributed by atoms with Crippen molar-refractivity contribution in [2.24, 2.45) is 11.0 Å². The van der Waals surface area contributed by atoms with Crippen LogP contribution in [0.25, 0.3) is 5.69 Å². The molecule has 2 heterocycles. The van der Waals surface area contributed by atoms with Crippen LogP contribution in [0.4, 0.5) is 9.18 Å². The van der Waals surface area contributed by atoms with Gasteiger partial charge in [0.1, 0.15) is 16.5 Å². The van der Waals surface area contributed by atoms with Crippen LogP contribution in [0, 0.1) is 18.7 Å². The zero-order chi connectivity index (χ0) is 20.8. The normalized spacial score (nSPS) is 24.7. The van der Waals surface area contributed by atoms with E-state index in [9.17, 15) is 14.0 Å². The molecule has 0 radical (unpaired) electrons. The van der Waals surface area contributed by atoms with E-state index in [-0.39, 0.29) is 16.9 Å². The summed E-state index contributed by atoms with van der Waals surface area (Å²) < 4.78 is 14.6. The van der Waals surface area contributed by atoms with Crippen LogP contribution in [0.5, 0.6) is 0 Å². The highest BCUT2D eigenvalue weighted by atomic mass is 35.5.